The summed E-state index contributed by atoms with van der Waals surface area (Å²) >= 11 is 0. The van der Waals surface area contributed by atoms with Gasteiger partial charge in [-0.25, -0.2) is 0 Å². The fraction of sp³-hybridized carbons (Fsp3) is 0.750. The SMILES string of the molecule is CCCCOc1ccc(OCC2CCC(C3CCC(CC)CO3)CC2)c(F)c1F. The van der Waals surface area contributed by atoms with Crippen LogP contribution in [0.25, 0.3) is 0 Å². The normalized spacial score (nSPS) is 27.6. The van der Waals surface area contributed by atoms with E-state index < -0.39 is 11.6 Å². The Hall–Kier alpha value is -1.36. The number of unbranched alkanes of at least 4 members (excludes halogenated alkanes) is 1. The molecule has 2 aliphatic rings. The Balaban J connectivity index is 1.43. The first-order valence-corrected chi connectivity index (χ1v) is 11.5. The third kappa shape index (κ3) is 6.07. The molecule has 0 N–H and O–H groups in total. The van der Waals surface area contributed by atoms with E-state index in [4.69, 9.17) is 14.2 Å². The van der Waals surface area contributed by atoms with Crippen LogP contribution in [0.4, 0.5) is 8.78 Å². The minimum absolute atomic E-state index is 0.0197. The maximum absolute atomic E-state index is 14.3. The van der Waals surface area contributed by atoms with Gasteiger partial charge < -0.3 is 14.2 Å². The summed E-state index contributed by atoms with van der Waals surface area (Å²) < 4.78 is 45.5. The van der Waals surface area contributed by atoms with E-state index in [2.05, 4.69) is 6.92 Å². The Labute approximate surface area is 174 Å². The minimum atomic E-state index is -0.956. The van der Waals surface area contributed by atoms with Gasteiger partial charge in [-0.2, -0.15) is 8.78 Å². The Morgan fingerprint density at radius 3 is 2.14 bits per heavy atom. The summed E-state index contributed by atoms with van der Waals surface area (Å²) in [6.45, 7) is 5.99. The molecule has 0 aromatic heterocycles. The molecule has 3 rings (SSSR count). The van der Waals surface area contributed by atoms with Crippen LogP contribution in [-0.2, 0) is 4.74 Å². The lowest BCUT2D eigenvalue weighted by Gasteiger charge is -2.37. The molecule has 1 aliphatic heterocycles. The van der Waals surface area contributed by atoms with E-state index in [9.17, 15) is 8.78 Å². The van der Waals surface area contributed by atoms with Crippen molar-refractivity contribution in [1.29, 1.82) is 0 Å². The molecule has 2 unspecified atom stereocenters. The highest BCUT2D eigenvalue weighted by molar-refractivity contribution is 5.35. The van der Waals surface area contributed by atoms with Crippen molar-refractivity contribution < 1.29 is 23.0 Å². The van der Waals surface area contributed by atoms with Crippen LogP contribution in [0.1, 0.15) is 71.6 Å². The molecular weight excluding hydrogens is 374 g/mol. The molecule has 1 heterocycles. The largest absolute Gasteiger partial charge is 0.490 e. The number of ether oxygens (including phenoxy) is 3. The molecule has 2 fully saturated rings. The van der Waals surface area contributed by atoms with E-state index in [1.807, 2.05) is 6.92 Å². The third-order valence-corrected chi connectivity index (χ3v) is 6.64. The molecule has 1 aromatic carbocycles. The summed E-state index contributed by atoms with van der Waals surface area (Å²) in [5.74, 6) is -0.208. The summed E-state index contributed by atoms with van der Waals surface area (Å²) in [6.07, 6.45) is 10.2. The van der Waals surface area contributed by atoms with E-state index in [1.165, 1.54) is 31.4 Å². The monoisotopic (exact) mass is 410 g/mol. The molecule has 1 saturated heterocycles. The van der Waals surface area contributed by atoms with Crippen molar-refractivity contribution in [2.75, 3.05) is 19.8 Å². The second kappa shape index (κ2) is 11.1. The summed E-state index contributed by atoms with van der Waals surface area (Å²) in [6, 6.07) is 2.94. The van der Waals surface area contributed by atoms with E-state index in [0.29, 0.717) is 31.2 Å². The number of benzene rings is 1. The first-order valence-electron chi connectivity index (χ1n) is 11.5. The first-order chi connectivity index (χ1) is 14.1. The van der Waals surface area contributed by atoms with E-state index in [1.54, 1.807) is 0 Å². The topological polar surface area (TPSA) is 27.7 Å². The summed E-state index contributed by atoms with van der Waals surface area (Å²) in [5, 5.41) is 0. The molecule has 3 nitrogen and oxygen atoms in total. The molecule has 29 heavy (non-hydrogen) atoms. The van der Waals surface area contributed by atoms with Gasteiger partial charge in [-0.3, -0.25) is 0 Å². The summed E-state index contributed by atoms with van der Waals surface area (Å²) in [4.78, 5) is 0. The smallest absolute Gasteiger partial charge is 0.204 e. The van der Waals surface area contributed by atoms with Gasteiger partial charge in [0.1, 0.15) is 0 Å². The Kier molecular flexibility index (Phi) is 8.58. The van der Waals surface area contributed by atoms with Gasteiger partial charge in [0.2, 0.25) is 11.6 Å². The highest BCUT2D eigenvalue weighted by Crippen LogP contribution is 2.37. The maximum atomic E-state index is 14.3. The van der Waals surface area contributed by atoms with Crippen molar-refractivity contribution in [3.63, 3.8) is 0 Å². The molecule has 0 spiro atoms. The Morgan fingerprint density at radius 1 is 0.897 bits per heavy atom. The van der Waals surface area contributed by atoms with Crippen LogP contribution < -0.4 is 9.47 Å². The van der Waals surface area contributed by atoms with Crippen molar-refractivity contribution in [1.82, 2.24) is 0 Å². The lowest BCUT2D eigenvalue weighted by Crippen LogP contribution is -2.34. The molecule has 1 aliphatic carbocycles. The van der Waals surface area contributed by atoms with E-state index in [-0.39, 0.29) is 11.5 Å². The van der Waals surface area contributed by atoms with Crippen molar-refractivity contribution in [2.45, 2.75) is 77.7 Å². The number of halogens is 2. The highest BCUT2D eigenvalue weighted by atomic mass is 19.2. The highest BCUT2D eigenvalue weighted by Gasteiger charge is 2.31. The number of hydrogen-bond acceptors (Lipinski definition) is 3. The lowest BCUT2D eigenvalue weighted by atomic mass is 9.77. The fourth-order valence-corrected chi connectivity index (χ4v) is 4.52. The van der Waals surface area contributed by atoms with Crippen molar-refractivity contribution in [3.8, 4) is 11.5 Å². The summed E-state index contributed by atoms with van der Waals surface area (Å²) in [7, 11) is 0. The predicted molar refractivity (Wildman–Crippen MR) is 110 cm³/mol. The van der Waals surface area contributed by atoms with Gasteiger partial charge in [-0.15, -0.1) is 0 Å². The number of hydrogen-bond donors (Lipinski definition) is 0. The van der Waals surface area contributed by atoms with Crippen molar-refractivity contribution in [3.05, 3.63) is 23.8 Å². The Bertz CT molecular complexity index is 621. The molecule has 2 atom stereocenters. The first kappa shape index (κ1) is 22.3. The second-order valence-electron chi connectivity index (χ2n) is 8.71. The second-order valence-corrected chi connectivity index (χ2v) is 8.71. The van der Waals surface area contributed by atoms with Crippen LogP contribution in [-0.4, -0.2) is 25.9 Å². The third-order valence-electron chi connectivity index (χ3n) is 6.64. The van der Waals surface area contributed by atoms with Crippen LogP contribution >= 0.6 is 0 Å². The van der Waals surface area contributed by atoms with Crippen LogP contribution in [0.2, 0.25) is 0 Å². The zero-order valence-corrected chi connectivity index (χ0v) is 17.9. The van der Waals surface area contributed by atoms with Gasteiger partial charge in [0.25, 0.3) is 0 Å². The van der Waals surface area contributed by atoms with Gasteiger partial charge in [-0.05, 0) is 74.8 Å². The lowest BCUT2D eigenvalue weighted by molar-refractivity contribution is -0.0595. The van der Waals surface area contributed by atoms with Gasteiger partial charge in [0, 0.05) is 6.61 Å². The van der Waals surface area contributed by atoms with Gasteiger partial charge in [-0.1, -0.05) is 26.7 Å². The standard InChI is InChI=1S/C24H36F2O3/c1-3-5-14-27-21-12-13-22(24(26)23(21)25)29-16-18-6-9-19(10-7-18)20-11-8-17(4-2)15-28-20/h12-13,17-20H,3-11,14-16H2,1-2H3. The minimum Gasteiger partial charge on any atom is -0.490 e. The fourth-order valence-electron chi connectivity index (χ4n) is 4.52. The molecule has 1 saturated carbocycles. The average Bonchev–Trinajstić information content (AvgIpc) is 2.77. The van der Waals surface area contributed by atoms with Crippen LogP contribution in [0, 0.1) is 29.4 Å². The van der Waals surface area contributed by atoms with Gasteiger partial charge >= 0.3 is 0 Å². The Morgan fingerprint density at radius 2 is 1.55 bits per heavy atom. The van der Waals surface area contributed by atoms with E-state index in [0.717, 1.165) is 51.0 Å². The van der Waals surface area contributed by atoms with Crippen LogP contribution in [0.3, 0.4) is 0 Å². The molecule has 1 aromatic rings. The van der Waals surface area contributed by atoms with Crippen molar-refractivity contribution >= 4 is 0 Å². The molecule has 164 valence electrons. The molecule has 5 heteroatoms. The predicted octanol–water partition coefficient (Wildman–Crippen LogP) is 6.53. The van der Waals surface area contributed by atoms with Crippen LogP contribution in [0.5, 0.6) is 11.5 Å². The zero-order valence-electron chi connectivity index (χ0n) is 17.9. The number of rotatable bonds is 9. The quantitative estimate of drug-likeness (QED) is 0.433. The summed E-state index contributed by atoms with van der Waals surface area (Å²) in [5.41, 5.74) is 0. The molecule has 0 bridgehead atoms. The van der Waals surface area contributed by atoms with E-state index >= 15 is 0 Å². The maximum Gasteiger partial charge on any atom is 0.204 e. The molecule has 0 amide bonds. The van der Waals surface area contributed by atoms with Gasteiger partial charge in [0.15, 0.2) is 11.5 Å². The van der Waals surface area contributed by atoms with Crippen LogP contribution in [0.15, 0.2) is 12.1 Å². The zero-order chi connectivity index (χ0) is 20.6. The average molecular weight is 411 g/mol. The van der Waals surface area contributed by atoms with Gasteiger partial charge in [0.05, 0.1) is 19.3 Å². The molecule has 0 radical (unpaired) electrons. The van der Waals surface area contributed by atoms with Crippen molar-refractivity contribution in [2.24, 2.45) is 17.8 Å². The molecular formula is C24H36F2O3.